The maximum atomic E-state index is 12.7. The molecule has 0 radical (unpaired) electrons. The minimum absolute atomic E-state index is 0.116. The van der Waals surface area contributed by atoms with Crippen LogP contribution in [0.2, 0.25) is 0 Å². The van der Waals surface area contributed by atoms with Gasteiger partial charge in [0.25, 0.3) is 0 Å². The van der Waals surface area contributed by atoms with Gasteiger partial charge in [0.15, 0.2) is 0 Å². The van der Waals surface area contributed by atoms with Gasteiger partial charge in [-0.15, -0.1) is 0 Å². The highest BCUT2D eigenvalue weighted by molar-refractivity contribution is 5.79. The molecule has 1 amide bonds. The van der Waals surface area contributed by atoms with Gasteiger partial charge < -0.3 is 19.9 Å². The van der Waals surface area contributed by atoms with E-state index in [-0.39, 0.29) is 11.8 Å². The summed E-state index contributed by atoms with van der Waals surface area (Å²) in [7, 11) is 1.75. The average Bonchev–Trinajstić information content (AvgIpc) is 2.75. The Morgan fingerprint density at radius 3 is 2.39 bits per heavy atom. The summed E-state index contributed by atoms with van der Waals surface area (Å²) >= 11 is 0. The van der Waals surface area contributed by atoms with Crippen molar-refractivity contribution in [3.63, 3.8) is 0 Å². The Morgan fingerprint density at radius 1 is 1.11 bits per heavy atom. The first kappa shape index (κ1) is 20.8. The maximum absolute atomic E-state index is 12.7. The van der Waals surface area contributed by atoms with Crippen LogP contribution in [0, 0.1) is 5.92 Å². The molecular weight excluding hydrogens is 354 g/mol. The molecule has 0 bridgehead atoms. The van der Waals surface area contributed by atoms with Gasteiger partial charge in [0.05, 0.1) is 0 Å². The summed E-state index contributed by atoms with van der Waals surface area (Å²) in [5.41, 5.74) is 1.83. The fourth-order valence-corrected chi connectivity index (χ4v) is 4.22. The summed E-state index contributed by atoms with van der Waals surface area (Å²) in [6.45, 7) is 5.79. The van der Waals surface area contributed by atoms with Gasteiger partial charge in [-0.3, -0.25) is 9.59 Å². The van der Waals surface area contributed by atoms with Crippen LogP contribution in [0.1, 0.15) is 42.5 Å². The summed E-state index contributed by atoms with van der Waals surface area (Å²) in [4.78, 5) is 28.2. The molecule has 6 heteroatoms. The average molecular weight is 388 g/mol. The molecule has 2 heterocycles. The summed E-state index contributed by atoms with van der Waals surface area (Å²) in [6, 6.07) is 8.00. The van der Waals surface area contributed by atoms with E-state index in [1.54, 1.807) is 7.11 Å². The molecular formula is C22H33N3O3. The van der Waals surface area contributed by atoms with Gasteiger partial charge >= 0.3 is 0 Å². The zero-order valence-electron chi connectivity index (χ0n) is 16.9. The summed E-state index contributed by atoms with van der Waals surface area (Å²) in [5, 5.41) is 3.30. The van der Waals surface area contributed by atoms with E-state index in [1.165, 1.54) is 0 Å². The van der Waals surface area contributed by atoms with Gasteiger partial charge in [0.1, 0.15) is 6.29 Å². The largest absolute Gasteiger partial charge is 0.385 e. The van der Waals surface area contributed by atoms with E-state index in [0.717, 1.165) is 83.4 Å². The van der Waals surface area contributed by atoms with Crippen LogP contribution < -0.4 is 10.2 Å². The second kappa shape index (κ2) is 10.6. The van der Waals surface area contributed by atoms with E-state index < -0.39 is 0 Å². The van der Waals surface area contributed by atoms with Gasteiger partial charge in [0, 0.05) is 69.7 Å². The first-order valence-electron chi connectivity index (χ1n) is 10.5. The molecule has 1 N–H and O–H groups in total. The van der Waals surface area contributed by atoms with E-state index in [1.807, 2.05) is 24.3 Å². The van der Waals surface area contributed by atoms with Crippen LogP contribution in [0.3, 0.4) is 0 Å². The fraction of sp³-hybridized carbons (Fsp3) is 0.636. The number of rotatable bonds is 8. The van der Waals surface area contributed by atoms with E-state index in [0.29, 0.717) is 11.6 Å². The van der Waals surface area contributed by atoms with E-state index >= 15 is 0 Å². The second-order valence-electron chi connectivity index (χ2n) is 7.94. The lowest BCUT2D eigenvalue weighted by Crippen LogP contribution is -2.48. The first-order valence-corrected chi connectivity index (χ1v) is 10.5. The van der Waals surface area contributed by atoms with E-state index in [4.69, 9.17) is 4.74 Å². The number of amides is 1. The number of nitrogens with zero attached hydrogens (tertiary/aromatic N) is 2. The predicted molar refractivity (Wildman–Crippen MR) is 111 cm³/mol. The van der Waals surface area contributed by atoms with Crippen LogP contribution in [0.15, 0.2) is 24.3 Å². The van der Waals surface area contributed by atoms with Crippen LogP contribution >= 0.6 is 0 Å². The molecule has 2 saturated heterocycles. The third-order valence-electron chi connectivity index (χ3n) is 6.02. The Kier molecular flexibility index (Phi) is 7.86. The molecule has 0 unspecified atom stereocenters. The highest BCUT2D eigenvalue weighted by atomic mass is 16.5. The van der Waals surface area contributed by atoms with Crippen LogP contribution in [-0.2, 0) is 9.53 Å². The van der Waals surface area contributed by atoms with Gasteiger partial charge in [0.2, 0.25) is 5.91 Å². The smallest absolute Gasteiger partial charge is 0.223 e. The molecule has 0 spiro atoms. The SMILES string of the molecule is COCCCN1CCC(NC(=O)C2CCN(c3ccc(C=O)cc3)CC2)CC1. The molecule has 0 aliphatic carbocycles. The number of ether oxygens (including phenoxy) is 1. The Balaban J connectivity index is 1.37. The lowest BCUT2D eigenvalue weighted by atomic mass is 9.94. The monoisotopic (exact) mass is 387 g/mol. The van der Waals surface area contributed by atoms with E-state index in [9.17, 15) is 9.59 Å². The number of nitrogens with one attached hydrogen (secondary N) is 1. The van der Waals surface area contributed by atoms with Crippen molar-refractivity contribution in [1.82, 2.24) is 10.2 Å². The van der Waals surface area contributed by atoms with Crippen LogP contribution in [0.25, 0.3) is 0 Å². The highest BCUT2D eigenvalue weighted by Gasteiger charge is 2.28. The number of carbonyl (C=O) groups excluding carboxylic acids is 2. The lowest BCUT2D eigenvalue weighted by molar-refractivity contribution is -0.126. The number of hydrogen-bond acceptors (Lipinski definition) is 5. The molecule has 6 nitrogen and oxygen atoms in total. The predicted octanol–water partition coefficient (Wildman–Crippen LogP) is 2.33. The van der Waals surface area contributed by atoms with Crippen molar-refractivity contribution in [2.75, 3.05) is 51.3 Å². The molecule has 0 aromatic heterocycles. The van der Waals surface area contributed by atoms with Crippen LogP contribution in [0.5, 0.6) is 0 Å². The van der Waals surface area contributed by atoms with E-state index in [2.05, 4.69) is 15.1 Å². The third kappa shape index (κ3) is 5.79. The number of aldehydes is 1. The molecule has 28 heavy (non-hydrogen) atoms. The zero-order chi connectivity index (χ0) is 19.8. The Hall–Kier alpha value is -1.92. The third-order valence-corrected chi connectivity index (χ3v) is 6.02. The van der Waals surface area contributed by atoms with Crippen LogP contribution in [-0.4, -0.2) is 69.6 Å². The Morgan fingerprint density at radius 2 is 1.79 bits per heavy atom. The summed E-state index contributed by atoms with van der Waals surface area (Å²) < 4.78 is 5.12. The normalized spacial score (nSPS) is 19.5. The fourth-order valence-electron chi connectivity index (χ4n) is 4.22. The Labute approximate surface area is 168 Å². The second-order valence-corrected chi connectivity index (χ2v) is 7.94. The minimum atomic E-state index is 0.116. The molecule has 1 aromatic carbocycles. The molecule has 2 aliphatic rings. The highest BCUT2D eigenvalue weighted by Crippen LogP contribution is 2.24. The first-order chi connectivity index (χ1) is 13.7. The topological polar surface area (TPSA) is 61.9 Å². The lowest BCUT2D eigenvalue weighted by Gasteiger charge is -2.35. The van der Waals surface area contributed by atoms with Crippen molar-refractivity contribution in [2.45, 2.75) is 38.1 Å². The van der Waals surface area contributed by atoms with Crippen molar-refractivity contribution in [1.29, 1.82) is 0 Å². The molecule has 2 aliphatic heterocycles. The van der Waals surface area contributed by atoms with Crippen LogP contribution in [0.4, 0.5) is 5.69 Å². The zero-order valence-corrected chi connectivity index (χ0v) is 16.9. The van der Waals surface area contributed by atoms with Crippen molar-refractivity contribution in [3.8, 4) is 0 Å². The Bertz CT molecular complexity index is 618. The minimum Gasteiger partial charge on any atom is -0.385 e. The molecule has 2 fully saturated rings. The van der Waals surface area contributed by atoms with Gasteiger partial charge in [-0.25, -0.2) is 0 Å². The number of methoxy groups -OCH3 is 1. The number of benzene rings is 1. The standard InChI is InChI=1S/C22H33N3O3/c1-28-16-2-11-24-12-9-20(10-13-24)23-22(27)19-7-14-25(15-8-19)21-5-3-18(17-26)4-6-21/h3-6,17,19-20H,2,7-16H2,1H3,(H,23,27). The molecule has 154 valence electrons. The number of carbonyl (C=O) groups is 2. The molecule has 0 saturated carbocycles. The van der Waals surface area contributed by atoms with Gasteiger partial charge in [-0.1, -0.05) is 0 Å². The number of hydrogen-bond donors (Lipinski definition) is 1. The molecule has 3 rings (SSSR count). The summed E-state index contributed by atoms with van der Waals surface area (Å²) in [6.07, 6.45) is 5.80. The quantitative estimate of drug-likeness (QED) is 0.548. The molecule has 1 aromatic rings. The maximum Gasteiger partial charge on any atom is 0.223 e. The summed E-state index contributed by atoms with van der Waals surface area (Å²) in [5.74, 6) is 0.346. The van der Waals surface area contributed by atoms with Gasteiger partial charge in [-0.05, 0) is 56.4 Å². The number of likely N-dealkylation sites (tertiary alicyclic amines) is 1. The van der Waals surface area contributed by atoms with Crippen molar-refractivity contribution < 1.29 is 14.3 Å². The van der Waals surface area contributed by atoms with Crippen molar-refractivity contribution >= 4 is 17.9 Å². The van der Waals surface area contributed by atoms with Gasteiger partial charge in [-0.2, -0.15) is 0 Å². The number of piperidine rings is 2. The number of anilines is 1. The molecule has 0 atom stereocenters. The van der Waals surface area contributed by atoms with Crippen molar-refractivity contribution in [2.24, 2.45) is 5.92 Å². The van der Waals surface area contributed by atoms with Crippen molar-refractivity contribution in [3.05, 3.63) is 29.8 Å².